The van der Waals surface area contributed by atoms with Crippen molar-refractivity contribution in [2.45, 2.75) is 32.9 Å². The van der Waals surface area contributed by atoms with E-state index in [0.717, 1.165) is 16.3 Å². The monoisotopic (exact) mass is 447 g/mol. The highest BCUT2D eigenvalue weighted by atomic mass is 16.6. The van der Waals surface area contributed by atoms with Crippen LogP contribution in [0.25, 0.3) is 10.8 Å². The first-order valence-electron chi connectivity index (χ1n) is 10.6. The van der Waals surface area contributed by atoms with Gasteiger partial charge in [-0.1, -0.05) is 36.4 Å². The molecule has 33 heavy (non-hydrogen) atoms. The molecular weight excluding hydrogens is 418 g/mol. The minimum absolute atomic E-state index is 0.0837. The quantitative estimate of drug-likeness (QED) is 0.587. The molecule has 0 fully saturated rings. The van der Waals surface area contributed by atoms with Crippen LogP contribution in [0.3, 0.4) is 0 Å². The van der Waals surface area contributed by atoms with Crippen molar-refractivity contribution in [2.75, 3.05) is 19.4 Å². The molecule has 0 aliphatic carbocycles. The van der Waals surface area contributed by atoms with Crippen LogP contribution in [-0.2, 0) is 11.3 Å². The molecule has 0 aromatic heterocycles. The number of amides is 3. The molecule has 0 heterocycles. The molecule has 3 rings (SSSR count). The number of ether oxygens (including phenoxy) is 1. The molecule has 0 radical (unpaired) electrons. The largest absolute Gasteiger partial charge is 0.444 e. The smallest absolute Gasteiger partial charge is 0.412 e. The predicted molar refractivity (Wildman–Crippen MR) is 129 cm³/mol. The first-order chi connectivity index (χ1) is 15.5. The maximum atomic E-state index is 13.0. The zero-order chi connectivity index (χ0) is 24.2. The summed E-state index contributed by atoms with van der Waals surface area (Å²) in [5.74, 6) is -0.417. The Kier molecular flexibility index (Phi) is 7.01. The summed E-state index contributed by atoms with van der Waals surface area (Å²) in [4.78, 5) is 39.0. The number of carbonyl (C=O) groups is 3. The third kappa shape index (κ3) is 6.32. The van der Waals surface area contributed by atoms with Gasteiger partial charge >= 0.3 is 6.09 Å². The molecular formula is C26H29N3O4. The van der Waals surface area contributed by atoms with Crippen LogP contribution in [-0.4, -0.2) is 42.5 Å². The number of hydrogen-bond acceptors (Lipinski definition) is 4. The minimum Gasteiger partial charge on any atom is -0.444 e. The van der Waals surface area contributed by atoms with E-state index in [1.807, 2.05) is 24.3 Å². The van der Waals surface area contributed by atoms with Crippen molar-refractivity contribution in [1.29, 1.82) is 0 Å². The Morgan fingerprint density at radius 1 is 0.909 bits per heavy atom. The Hall–Kier alpha value is -3.87. The molecule has 0 saturated carbocycles. The van der Waals surface area contributed by atoms with Gasteiger partial charge in [0.15, 0.2) is 0 Å². The van der Waals surface area contributed by atoms with Crippen LogP contribution in [0.1, 0.15) is 47.1 Å². The lowest BCUT2D eigenvalue weighted by atomic mass is 10.0. The first-order valence-corrected chi connectivity index (χ1v) is 10.6. The topological polar surface area (TPSA) is 87.7 Å². The van der Waals surface area contributed by atoms with E-state index in [1.54, 1.807) is 71.3 Å². The zero-order valence-corrected chi connectivity index (χ0v) is 19.6. The van der Waals surface area contributed by atoms with Crippen molar-refractivity contribution in [3.8, 4) is 0 Å². The number of nitrogens with one attached hydrogen (secondary N) is 2. The summed E-state index contributed by atoms with van der Waals surface area (Å²) in [6.07, 6.45) is -0.632. The number of nitrogens with zero attached hydrogens (tertiary/aromatic N) is 1. The van der Waals surface area contributed by atoms with Gasteiger partial charge in [0.05, 0.1) is 11.3 Å². The highest BCUT2D eigenvalue weighted by Gasteiger charge is 2.20. The molecule has 0 aliphatic heterocycles. The summed E-state index contributed by atoms with van der Waals surface area (Å²) in [7, 11) is 3.39. The van der Waals surface area contributed by atoms with E-state index >= 15 is 0 Å². The third-order valence-electron chi connectivity index (χ3n) is 4.83. The molecule has 3 aromatic carbocycles. The fourth-order valence-electron chi connectivity index (χ4n) is 3.25. The van der Waals surface area contributed by atoms with Crippen molar-refractivity contribution in [1.82, 2.24) is 10.2 Å². The highest BCUT2D eigenvalue weighted by Crippen LogP contribution is 2.25. The SMILES string of the molecule is CN(C)C(=O)c1ccc(CNC(=O)c2cc3ccccc3cc2NC(=O)OC(C)(C)C)cc1. The van der Waals surface area contributed by atoms with Crippen LogP contribution < -0.4 is 10.6 Å². The molecule has 3 amide bonds. The third-order valence-corrected chi connectivity index (χ3v) is 4.83. The second-order valence-electron chi connectivity index (χ2n) is 8.95. The normalized spacial score (nSPS) is 11.1. The summed E-state index contributed by atoms with van der Waals surface area (Å²) in [6, 6.07) is 18.2. The van der Waals surface area contributed by atoms with Gasteiger partial charge in [0, 0.05) is 26.2 Å². The summed E-state index contributed by atoms with van der Waals surface area (Å²) in [5, 5.41) is 7.36. The summed E-state index contributed by atoms with van der Waals surface area (Å²) >= 11 is 0. The number of rotatable bonds is 5. The lowest BCUT2D eigenvalue weighted by molar-refractivity contribution is 0.0635. The van der Waals surface area contributed by atoms with Crippen molar-refractivity contribution < 1.29 is 19.1 Å². The van der Waals surface area contributed by atoms with Crippen molar-refractivity contribution in [2.24, 2.45) is 0 Å². The van der Waals surface area contributed by atoms with Gasteiger partial charge in [-0.3, -0.25) is 14.9 Å². The Labute approximate surface area is 193 Å². The Bertz CT molecular complexity index is 1180. The standard InChI is InChI=1S/C26H29N3O4/c1-26(2,3)33-25(32)28-22-15-20-9-7-6-8-19(20)14-21(22)23(30)27-16-17-10-12-18(13-11-17)24(31)29(4)5/h6-15H,16H2,1-5H3,(H,27,30)(H,28,32). The van der Waals surface area contributed by atoms with Crippen LogP contribution in [0.4, 0.5) is 10.5 Å². The maximum Gasteiger partial charge on any atom is 0.412 e. The number of fused-ring (bicyclic) bond motifs is 1. The molecule has 172 valence electrons. The number of carbonyl (C=O) groups excluding carboxylic acids is 3. The Morgan fingerprint density at radius 2 is 1.52 bits per heavy atom. The average molecular weight is 448 g/mol. The molecule has 3 aromatic rings. The zero-order valence-electron chi connectivity index (χ0n) is 19.6. The molecule has 0 bridgehead atoms. The van der Waals surface area contributed by atoms with Crippen LogP contribution in [0.15, 0.2) is 60.7 Å². The maximum absolute atomic E-state index is 13.0. The lowest BCUT2D eigenvalue weighted by Crippen LogP contribution is -2.29. The van der Waals surface area contributed by atoms with E-state index in [1.165, 1.54) is 4.90 Å². The fraction of sp³-hybridized carbons (Fsp3) is 0.269. The predicted octanol–water partition coefficient (Wildman–Crippen LogP) is 4.82. The molecule has 7 nitrogen and oxygen atoms in total. The average Bonchev–Trinajstić information content (AvgIpc) is 2.75. The van der Waals surface area contributed by atoms with Crippen molar-refractivity contribution >= 4 is 34.4 Å². The van der Waals surface area contributed by atoms with Crippen LogP contribution in [0.2, 0.25) is 0 Å². The molecule has 7 heteroatoms. The van der Waals surface area contributed by atoms with Gasteiger partial charge in [-0.25, -0.2) is 4.79 Å². The van der Waals surface area contributed by atoms with Gasteiger partial charge in [-0.05, 0) is 61.4 Å². The van der Waals surface area contributed by atoms with E-state index < -0.39 is 11.7 Å². The number of benzene rings is 3. The Balaban J connectivity index is 1.80. The highest BCUT2D eigenvalue weighted by molar-refractivity contribution is 6.07. The lowest BCUT2D eigenvalue weighted by Gasteiger charge is -2.20. The van der Waals surface area contributed by atoms with Gasteiger partial charge in [0.2, 0.25) is 0 Å². The van der Waals surface area contributed by atoms with Gasteiger partial charge in [-0.15, -0.1) is 0 Å². The second kappa shape index (κ2) is 9.73. The van der Waals surface area contributed by atoms with Crippen molar-refractivity contribution in [3.05, 3.63) is 77.4 Å². The minimum atomic E-state index is -0.663. The summed E-state index contributed by atoms with van der Waals surface area (Å²) in [5.41, 5.74) is 1.46. The fourth-order valence-corrected chi connectivity index (χ4v) is 3.25. The van der Waals surface area contributed by atoms with Gasteiger partial charge in [-0.2, -0.15) is 0 Å². The number of anilines is 1. The number of hydrogen-bond donors (Lipinski definition) is 2. The van der Waals surface area contributed by atoms with E-state index in [0.29, 0.717) is 16.8 Å². The molecule has 0 spiro atoms. The van der Waals surface area contributed by atoms with Gasteiger partial charge < -0.3 is 15.0 Å². The first kappa shape index (κ1) is 23.8. The van der Waals surface area contributed by atoms with Crippen molar-refractivity contribution in [3.63, 3.8) is 0 Å². The second-order valence-corrected chi connectivity index (χ2v) is 8.95. The van der Waals surface area contributed by atoms with Crippen LogP contribution >= 0.6 is 0 Å². The summed E-state index contributed by atoms with van der Waals surface area (Å²) in [6.45, 7) is 5.60. The molecule has 2 N–H and O–H groups in total. The van der Waals surface area contributed by atoms with Crippen LogP contribution in [0.5, 0.6) is 0 Å². The van der Waals surface area contributed by atoms with E-state index in [2.05, 4.69) is 10.6 Å². The molecule has 0 unspecified atom stereocenters. The molecule has 0 atom stereocenters. The van der Waals surface area contributed by atoms with Gasteiger partial charge in [0.25, 0.3) is 11.8 Å². The van der Waals surface area contributed by atoms with E-state index in [4.69, 9.17) is 4.74 Å². The van der Waals surface area contributed by atoms with Gasteiger partial charge in [0.1, 0.15) is 5.60 Å². The molecule has 0 aliphatic rings. The van der Waals surface area contributed by atoms with Crippen LogP contribution in [0, 0.1) is 0 Å². The Morgan fingerprint density at radius 3 is 2.09 bits per heavy atom. The molecule has 0 saturated heterocycles. The van der Waals surface area contributed by atoms with E-state index in [9.17, 15) is 14.4 Å². The van der Waals surface area contributed by atoms with E-state index in [-0.39, 0.29) is 18.4 Å². The summed E-state index contributed by atoms with van der Waals surface area (Å²) < 4.78 is 5.35.